The van der Waals surface area contributed by atoms with Crippen LogP contribution < -0.4 is 5.32 Å². The summed E-state index contributed by atoms with van der Waals surface area (Å²) in [7, 11) is 0. The lowest BCUT2D eigenvalue weighted by Gasteiger charge is -2.16. The molecule has 6 nitrogen and oxygen atoms in total. The molecule has 3 N–H and O–H groups in total. The Balaban J connectivity index is 2.77. The maximum absolute atomic E-state index is 11.6. The highest BCUT2D eigenvalue weighted by Crippen LogP contribution is 2.06. The smallest absolute Gasteiger partial charge is 0.328 e. The lowest BCUT2D eigenvalue weighted by Crippen LogP contribution is -2.47. The van der Waals surface area contributed by atoms with Gasteiger partial charge >= 0.3 is 5.97 Å². The van der Waals surface area contributed by atoms with E-state index in [1.54, 1.807) is 0 Å². The average Bonchev–Trinajstić information content (AvgIpc) is 2.25. The number of carbonyl (C=O) groups excluding carboxylic acids is 1. The van der Waals surface area contributed by atoms with Crippen LogP contribution in [0.25, 0.3) is 0 Å². The molecule has 0 saturated carbocycles. The molecule has 2 atom stereocenters. The number of rotatable bonds is 4. The van der Waals surface area contributed by atoms with Gasteiger partial charge in [0.05, 0.1) is 11.1 Å². The summed E-state index contributed by atoms with van der Waals surface area (Å²) in [5.41, 5.74) is 0.0290. The molecular weight excluding hydrogens is 248 g/mol. The van der Waals surface area contributed by atoms with Crippen molar-refractivity contribution in [2.24, 2.45) is 0 Å². The molecule has 17 heavy (non-hydrogen) atoms. The first-order valence-corrected chi connectivity index (χ1v) is 5.13. The highest BCUT2D eigenvalue weighted by atomic mass is 35.5. The van der Waals surface area contributed by atoms with Gasteiger partial charge < -0.3 is 15.5 Å². The monoisotopic (exact) mass is 258 g/mol. The second kappa shape index (κ2) is 5.60. The molecule has 1 heterocycles. The Morgan fingerprint density at radius 3 is 2.53 bits per heavy atom. The molecule has 0 aliphatic rings. The number of amides is 1. The van der Waals surface area contributed by atoms with Crippen molar-refractivity contribution in [1.82, 2.24) is 10.3 Å². The number of nitrogens with zero attached hydrogens (tertiary/aromatic N) is 1. The van der Waals surface area contributed by atoms with Gasteiger partial charge in [-0.1, -0.05) is 11.6 Å². The molecule has 0 radical (unpaired) electrons. The van der Waals surface area contributed by atoms with Gasteiger partial charge in [-0.05, 0) is 19.1 Å². The molecule has 0 fully saturated rings. The quantitative estimate of drug-likeness (QED) is 0.721. The van der Waals surface area contributed by atoms with Crippen LogP contribution in [0.2, 0.25) is 5.02 Å². The minimum atomic E-state index is -1.38. The number of aliphatic hydroxyl groups is 1. The van der Waals surface area contributed by atoms with E-state index in [1.165, 1.54) is 25.3 Å². The molecule has 1 aromatic heterocycles. The van der Waals surface area contributed by atoms with Crippen LogP contribution in [0.3, 0.4) is 0 Å². The Hall–Kier alpha value is -1.66. The Morgan fingerprint density at radius 1 is 1.47 bits per heavy atom. The summed E-state index contributed by atoms with van der Waals surface area (Å²) in [6, 6.07) is 1.44. The van der Waals surface area contributed by atoms with Gasteiger partial charge in [0.25, 0.3) is 5.91 Å². The fraction of sp³-hybridized carbons (Fsp3) is 0.300. The van der Waals surface area contributed by atoms with Crippen molar-refractivity contribution in [3.8, 4) is 0 Å². The highest BCUT2D eigenvalue weighted by Gasteiger charge is 2.25. The van der Waals surface area contributed by atoms with E-state index < -0.39 is 24.0 Å². The molecule has 0 aliphatic heterocycles. The van der Waals surface area contributed by atoms with E-state index in [0.717, 1.165) is 0 Å². The van der Waals surface area contributed by atoms with Crippen LogP contribution in [0.1, 0.15) is 17.4 Å². The fourth-order valence-corrected chi connectivity index (χ4v) is 1.23. The first kappa shape index (κ1) is 13.4. The van der Waals surface area contributed by atoms with Crippen LogP contribution in [0.5, 0.6) is 0 Å². The van der Waals surface area contributed by atoms with Gasteiger partial charge in [0.1, 0.15) is 5.69 Å². The Kier molecular flexibility index (Phi) is 4.42. The molecule has 1 amide bonds. The summed E-state index contributed by atoms with van der Waals surface area (Å²) >= 11 is 5.59. The molecular formula is C10H11ClN2O4. The van der Waals surface area contributed by atoms with Crippen LogP contribution >= 0.6 is 11.6 Å². The summed E-state index contributed by atoms with van der Waals surface area (Å²) in [4.78, 5) is 26.1. The number of aliphatic carboxylic acids is 1. The molecule has 0 saturated heterocycles. The van der Waals surface area contributed by atoms with Crippen molar-refractivity contribution >= 4 is 23.5 Å². The lowest BCUT2D eigenvalue weighted by atomic mass is 10.2. The first-order chi connectivity index (χ1) is 7.91. The van der Waals surface area contributed by atoms with Crippen molar-refractivity contribution in [2.75, 3.05) is 0 Å². The molecule has 0 spiro atoms. The standard InChI is InChI=1S/C10H11ClN2O4/c1-5(14)8(10(16)17)13-9(15)7-3-2-6(11)4-12-7/h2-5,8,14H,1H3,(H,13,15)(H,16,17)/t5-,8+/m1/s1. The average molecular weight is 259 g/mol. The van der Waals surface area contributed by atoms with Crippen LogP contribution in [0.15, 0.2) is 18.3 Å². The highest BCUT2D eigenvalue weighted by molar-refractivity contribution is 6.30. The topological polar surface area (TPSA) is 99.5 Å². The third-order valence-corrected chi connectivity index (χ3v) is 2.22. The minimum Gasteiger partial charge on any atom is -0.480 e. The molecule has 7 heteroatoms. The van der Waals surface area contributed by atoms with Crippen LogP contribution in [-0.2, 0) is 4.79 Å². The normalized spacial score (nSPS) is 13.8. The Morgan fingerprint density at radius 2 is 2.12 bits per heavy atom. The van der Waals surface area contributed by atoms with E-state index in [2.05, 4.69) is 10.3 Å². The SMILES string of the molecule is C[C@@H](O)[C@H](NC(=O)c1ccc(Cl)cn1)C(=O)O. The van der Waals surface area contributed by atoms with Gasteiger partial charge in [-0.3, -0.25) is 4.79 Å². The van der Waals surface area contributed by atoms with E-state index in [0.29, 0.717) is 5.02 Å². The molecule has 1 rings (SSSR count). The molecule has 0 aliphatic carbocycles. The van der Waals surface area contributed by atoms with Crippen molar-refractivity contribution in [1.29, 1.82) is 0 Å². The number of carbonyl (C=O) groups is 2. The van der Waals surface area contributed by atoms with Gasteiger partial charge in [-0.2, -0.15) is 0 Å². The van der Waals surface area contributed by atoms with Gasteiger partial charge in [0.15, 0.2) is 6.04 Å². The number of hydrogen-bond acceptors (Lipinski definition) is 4. The largest absolute Gasteiger partial charge is 0.480 e. The number of hydrogen-bond donors (Lipinski definition) is 3. The number of aromatic nitrogens is 1. The van der Waals surface area contributed by atoms with Gasteiger partial charge in [0.2, 0.25) is 0 Å². The number of carboxylic acids is 1. The second-order valence-electron chi connectivity index (χ2n) is 3.39. The number of halogens is 1. The third kappa shape index (κ3) is 3.69. The van der Waals surface area contributed by atoms with Crippen molar-refractivity contribution in [3.63, 3.8) is 0 Å². The van der Waals surface area contributed by atoms with E-state index in [1.807, 2.05) is 0 Å². The lowest BCUT2D eigenvalue weighted by molar-refractivity contribution is -0.141. The zero-order valence-corrected chi connectivity index (χ0v) is 9.68. The number of aliphatic hydroxyl groups excluding tert-OH is 1. The summed E-state index contributed by atoms with van der Waals surface area (Å²) < 4.78 is 0. The van der Waals surface area contributed by atoms with E-state index in [-0.39, 0.29) is 5.69 Å². The van der Waals surface area contributed by atoms with Crippen LogP contribution in [0, 0.1) is 0 Å². The van der Waals surface area contributed by atoms with E-state index in [4.69, 9.17) is 16.7 Å². The molecule has 0 unspecified atom stereocenters. The molecule has 0 bridgehead atoms. The maximum atomic E-state index is 11.6. The number of nitrogens with one attached hydrogen (secondary N) is 1. The van der Waals surface area contributed by atoms with Gasteiger partial charge in [-0.25, -0.2) is 9.78 Å². The van der Waals surface area contributed by atoms with Gasteiger partial charge in [-0.15, -0.1) is 0 Å². The van der Waals surface area contributed by atoms with E-state index in [9.17, 15) is 14.7 Å². The number of pyridine rings is 1. The molecule has 0 aromatic carbocycles. The minimum absolute atomic E-state index is 0.0290. The van der Waals surface area contributed by atoms with E-state index >= 15 is 0 Å². The first-order valence-electron chi connectivity index (χ1n) is 4.75. The maximum Gasteiger partial charge on any atom is 0.328 e. The zero-order valence-electron chi connectivity index (χ0n) is 8.92. The Bertz CT molecular complexity index is 419. The van der Waals surface area contributed by atoms with Crippen LogP contribution in [0.4, 0.5) is 0 Å². The third-order valence-electron chi connectivity index (χ3n) is 2.00. The van der Waals surface area contributed by atoms with Crippen LogP contribution in [-0.4, -0.2) is 39.2 Å². The Labute approximate surface area is 102 Å². The zero-order chi connectivity index (χ0) is 13.0. The second-order valence-corrected chi connectivity index (χ2v) is 3.83. The predicted octanol–water partition coefficient (Wildman–Crippen LogP) is 0.299. The van der Waals surface area contributed by atoms with Crippen molar-refractivity contribution in [3.05, 3.63) is 29.0 Å². The number of carboxylic acid groups (broad SMARTS) is 1. The molecule has 92 valence electrons. The summed E-state index contributed by atoms with van der Waals surface area (Å²) in [5, 5.41) is 20.5. The summed E-state index contributed by atoms with van der Waals surface area (Å²) in [6.07, 6.45) is 0.0676. The summed E-state index contributed by atoms with van der Waals surface area (Å²) in [6.45, 7) is 1.27. The molecule has 1 aromatic rings. The van der Waals surface area contributed by atoms with Crippen molar-refractivity contribution < 1.29 is 19.8 Å². The summed E-state index contributed by atoms with van der Waals surface area (Å²) in [5.74, 6) is -2.00. The fourth-order valence-electron chi connectivity index (χ4n) is 1.11. The predicted molar refractivity (Wildman–Crippen MR) is 59.8 cm³/mol. The van der Waals surface area contributed by atoms with Gasteiger partial charge in [0, 0.05) is 6.20 Å². The van der Waals surface area contributed by atoms with Crippen molar-refractivity contribution in [2.45, 2.75) is 19.1 Å².